The van der Waals surface area contributed by atoms with Gasteiger partial charge in [-0.3, -0.25) is 4.79 Å². The Morgan fingerprint density at radius 2 is 2.21 bits per heavy atom. The molecule has 0 bridgehead atoms. The van der Waals surface area contributed by atoms with Gasteiger partial charge in [0, 0.05) is 7.05 Å². The van der Waals surface area contributed by atoms with Crippen LogP contribution in [0.5, 0.6) is 0 Å². The Morgan fingerprint density at radius 3 is 2.86 bits per heavy atom. The minimum Gasteiger partial charge on any atom is -0.478 e. The number of fused-ring (bicyclic) bond motifs is 1. The highest BCUT2D eigenvalue weighted by molar-refractivity contribution is 5.92. The van der Waals surface area contributed by atoms with Gasteiger partial charge in [-0.25, -0.2) is 4.79 Å². The smallest absolute Gasteiger partial charge is 0.335 e. The molecule has 1 aromatic heterocycles. The van der Waals surface area contributed by atoms with Crippen LogP contribution >= 0.6 is 0 Å². The van der Waals surface area contributed by atoms with Crippen molar-refractivity contribution in [2.24, 2.45) is 7.05 Å². The van der Waals surface area contributed by atoms with Crippen molar-refractivity contribution in [3.63, 3.8) is 0 Å². The van der Waals surface area contributed by atoms with E-state index >= 15 is 0 Å². The summed E-state index contributed by atoms with van der Waals surface area (Å²) in [5.74, 6) is -1.06. The number of hydrogen-bond acceptors (Lipinski definition) is 3. The standard InChI is InChI=1S/C9H7NO4/c1-10-8(11)6-4-5(9(12)13)2-3-7(6)14-10/h2-4H,1H3,(H,12,13). The van der Waals surface area contributed by atoms with Gasteiger partial charge in [-0.05, 0) is 18.2 Å². The third kappa shape index (κ3) is 1.10. The molecule has 0 saturated heterocycles. The second-order valence-corrected chi connectivity index (χ2v) is 2.91. The predicted molar refractivity (Wildman–Crippen MR) is 48.4 cm³/mol. The molecular weight excluding hydrogens is 186 g/mol. The molecule has 1 N–H and O–H groups in total. The number of carboxylic acid groups (broad SMARTS) is 1. The van der Waals surface area contributed by atoms with Crippen LogP contribution in [0.2, 0.25) is 0 Å². The summed E-state index contributed by atoms with van der Waals surface area (Å²) < 4.78 is 6.11. The number of nitrogens with zero attached hydrogens (tertiary/aromatic N) is 1. The molecule has 0 saturated carbocycles. The Bertz CT molecular complexity index is 564. The highest BCUT2D eigenvalue weighted by Gasteiger charge is 2.10. The second kappa shape index (κ2) is 2.73. The summed E-state index contributed by atoms with van der Waals surface area (Å²) in [6, 6.07) is 4.18. The summed E-state index contributed by atoms with van der Waals surface area (Å²) in [7, 11) is 1.47. The van der Waals surface area contributed by atoms with Gasteiger partial charge in [0.25, 0.3) is 5.56 Å². The number of hydrogen-bond donors (Lipinski definition) is 1. The van der Waals surface area contributed by atoms with Crippen LogP contribution < -0.4 is 5.56 Å². The lowest BCUT2D eigenvalue weighted by Crippen LogP contribution is -2.09. The number of carboxylic acids is 1. The molecule has 0 aliphatic carbocycles. The fourth-order valence-electron chi connectivity index (χ4n) is 1.27. The van der Waals surface area contributed by atoms with Crippen LogP contribution in [0.15, 0.2) is 27.5 Å². The average Bonchev–Trinajstić information content (AvgIpc) is 2.43. The molecule has 1 aromatic carbocycles. The zero-order chi connectivity index (χ0) is 10.3. The molecule has 0 atom stereocenters. The van der Waals surface area contributed by atoms with E-state index < -0.39 is 5.97 Å². The van der Waals surface area contributed by atoms with E-state index in [4.69, 9.17) is 9.63 Å². The molecule has 0 unspecified atom stereocenters. The SMILES string of the molecule is Cn1oc2ccc(C(=O)O)cc2c1=O. The Morgan fingerprint density at radius 1 is 1.50 bits per heavy atom. The highest BCUT2D eigenvalue weighted by atomic mass is 16.5. The molecule has 0 radical (unpaired) electrons. The molecule has 2 aromatic rings. The first kappa shape index (κ1) is 8.55. The van der Waals surface area contributed by atoms with E-state index in [1.54, 1.807) is 0 Å². The topological polar surface area (TPSA) is 72.4 Å². The Kier molecular flexibility index (Phi) is 1.67. The number of aryl methyl sites for hydroxylation is 1. The van der Waals surface area contributed by atoms with Crippen LogP contribution in [0.3, 0.4) is 0 Å². The van der Waals surface area contributed by atoms with E-state index in [0.29, 0.717) is 5.58 Å². The van der Waals surface area contributed by atoms with Gasteiger partial charge in [-0.2, -0.15) is 4.74 Å². The lowest BCUT2D eigenvalue weighted by Gasteiger charge is -1.90. The van der Waals surface area contributed by atoms with Crippen molar-refractivity contribution in [2.75, 3.05) is 0 Å². The maximum absolute atomic E-state index is 11.4. The van der Waals surface area contributed by atoms with Crippen LogP contribution in [0.4, 0.5) is 0 Å². The first-order valence-electron chi connectivity index (χ1n) is 3.93. The van der Waals surface area contributed by atoms with Crippen LogP contribution in [-0.4, -0.2) is 15.8 Å². The number of aromatic carboxylic acids is 1. The normalized spacial score (nSPS) is 10.6. The molecule has 0 aliphatic heterocycles. The van der Waals surface area contributed by atoms with Gasteiger partial charge in [-0.1, -0.05) is 0 Å². The van der Waals surface area contributed by atoms with Gasteiger partial charge in [0.1, 0.15) is 0 Å². The van der Waals surface area contributed by atoms with Gasteiger partial charge in [0.05, 0.1) is 10.9 Å². The van der Waals surface area contributed by atoms with Gasteiger partial charge < -0.3 is 9.63 Å². The zero-order valence-electron chi connectivity index (χ0n) is 7.35. The summed E-state index contributed by atoms with van der Waals surface area (Å²) in [5, 5.41) is 8.99. The van der Waals surface area contributed by atoms with Crippen molar-refractivity contribution >= 4 is 16.9 Å². The number of aromatic nitrogens is 1. The minimum atomic E-state index is -1.06. The number of rotatable bonds is 1. The van der Waals surface area contributed by atoms with E-state index in [2.05, 4.69) is 0 Å². The molecule has 1 heterocycles. The first-order valence-corrected chi connectivity index (χ1v) is 3.93. The molecule has 14 heavy (non-hydrogen) atoms. The summed E-state index contributed by atoms with van der Waals surface area (Å²) in [6.45, 7) is 0. The van der Waals surface area contributed by atoms with Crippen LogP contribution in [0.25, 0.3) is 11.0 Å². The monoisotopic (exact) mass is 193 g/mol. The van der Waals surface area contributed by atoms with E-state index in [1.807, 2.05) is 0 Å². The number of carbonyl (C=O) groups is 1. The molecule has 5 nitrogen and oxygen atoms in total. The molecule has 2 rings (SSSR count). The van der Waals surface area contributed by atoms with Crippen molar-refractivity contribution in [1.29, 1.82) is 0 Å². The molecule has 0 fully saturated rings. The van der Waals surface area contributed by atoms with Crippen LogP contribution in [-0.2, 0) is 7.05 Å². The quantitative estimate of drug-likeness (QED) is 0.728. The largest absolute Gasteiger partial charge is 0.478 e. The van der Waals surface area contributed by atoms with Gasteiger partial charge in [0.15, 0.2) is 5.58 Å². The van der Waals surface area contributed by atoms with E-state index in [-0.39, 0.29) is 16.5 Å². The molecule has 0 aliphatic rings. The van der Waals surface area contributed by atoms with Gasteiger partial charge >= 0.3 is 5.97 Å². The summed E-state index contributed by atoms with van der Waals surface area (Å²) in [4.78, 5) is 22.0. The van der Waals surface area contributed by atoms with Crippen molar-refractivity contribution in [3.05, 3.63) is 34.1 Å². The maximum atomic E-state index is 11.4. The van der Waals surface area contributed by atoms with Gasteiger partial charge in [-0.15, -0.1) is 0 Å². The number of benzene rings is 1. The Balaban J connectivity index is 2.82. The predicted octanol–water partition coefficient (Wildman–Crippen LogP) is 0.830. The molecule has 72 valence electrons. The molecule has 0 spiro atoms. The van der Waals surface area contributed by atoms with Crippen molar-refractivity contribution in [3.8, 4) is 0 Å². The third-order valence-corrected chi connectivity index (χ3v) is 1.98. The highest BCUT2D eigenvalue weighted by Crippen LogP contribution is 2.12. The molecular formula is C9H7NO4. The summed E-state index contributed by atoms with van der Waals surface area (Å²) in [6.07, 6.45) is 0. The minimum absolute atomic E-state index is 0.0796. The summed E-state index contributed by atoms with van der Waals surface area (Å²) in [5.41, 5.74) is 0.140. The lowest BCUT2D eigenvalue weighted by molar-refractivity contribution is 0.0697. The van der Waals surface area contributed by atoms with Crippen molar-refractivity contribution in [1.82, 2.24) is 4.74 Å². The Labute approximate surface area is 78.1 Å². The van der Waals surface area contributed by atoms with E-state index in [0.717, 1.165) is 4.74 Å². The maximum Gasteiger partial charge on any atom is 0.335 e. The third-order valence-electron chi connectivity index (χ3n) is 1.98. The van der Waals surface area contributed by atoms with E-state index in [9.17, 15) is 9.59 Å². The summed E-state index contributed by atoms with van der Waals surface area (Å²) >= 11 is 0. The zero-order valence-corrected chi connectivity index (χ0v) is 7.35. The van der Waals surface area contributed by atoms with Gasteiger partial charge in [0.2, 0.25) is 0 Å². The fraction of sp³-hybridized carbons (Fsp3) is 0.111. The molecule has 5 heteroatoms. The van der Waals surface area contributed by atoms with Crippen LogP contribution in [0.1, 0.15) is 10.4 Å². The Hall–Kier alpha value is -2.04. The first-order chi connectivity index (χ1) is 6.59. The average molecular weight is 193 g/mol. The van der Waals surface area contributed by atoms with Crippen LogP contribution in [0, 0.1) is 0 Å². The van der Waals surface area contributed by atoms with Crippen molar-refractivity contribution in [2.45, 2.75) is 0 Å². The fourth-order valence-corrected chi connectivity index (χ4v) is 1.27. The van der Waals surface area contributed by atoms with Crippen molar-refractivity contribution < 1.29 is 14.4 Å². The molecule has 0 amide bonds. The van der Waals surface area contributed by atoms with E-state index in [1.165, 1.54) is 25.2 Å². The second-order valence-electron chi connectivity index (χ2n) is 2.91. The lowest BCUT2D eigenvalue weighted by atomic mass is 10.2.